The Balaban J connectivity index is 1.55. The lowest BCUT2D eigenvalue weighted by Crippen LogP contribution is -2.41. The van der Waals surface area contributed by atoms with E-state index in [1.165, 1.54) is 0 Å². The normalized spacial score (nSPS) is 19.0. The molecule has 2 fully saturated rings. The molecule has 6 nitrogen and oxygen atoms in total. The molecule has 0 saturated carbocycles. The second kappa shape index (κ2) is 9.57. The van der Waals surface area contributed by atoms with Crippen molar-refractivity contribution in [2.45, 2.75) is 38.6 Å². The third-order valence-corrected chi connectivity index (χ3v) is 5.08. The summed E-state index contributed by atoms with van der Waals surface area (Å²) in [6.07, 6.45) is 4.73. The second-order valence-electron chi connectivity index (χ2n) is 6.98. The fraction of sp³-hybridized carbons (Fsp3) is 0.600. The van der Waals surface area contributed by atoms with Crippen LogP contribution in [0, 0.1) is 0 Å². The Morgan fingerprint density at radius 2 is 1.81 bits per heavy atom. The van der Waals surface area contributed by atoms with Gasteiger partial charge in [-0.2, -0.15) is 0 Å². The number of ether oxygens (including phenoxy) is 1. The van der Waals surface area contributed by atoms with E-state index in [9.17, 15) is 9.59 Å². The predicted octanol–water partition coefficient (Wildman–Crippen LogP) is 1.93. The highest BCUT2D eigenvalue weighted by atomic mass is 16.5. The molecule has 0 unspecified atom stereocenters. The first-order valence-corrected chi connectivity index (χ1v) is 9.69. The molecule has 26 heavy (non-hydrogen) atoms. The zero-order valence-electron chi connectivity index (χ0n) is 15.4. The van der Waals surface area contributed by atoms with E-state index in [0.29, 0.717) is 19.5 Å². The number of anilines is 1. The molecule has 142 valence electrons. The number of benzene rings is 1. The SMILES string of the molecule is O=C(CN1CCCCCCC1=O)NCc1ccccc1N1CCOCC1. The zero-order valence-corrected chi connectivity index (χ0v) is 15.4. The molecule has 0 aliphatic carbocycles. The molecular formula is C20H29N3O3. The highest BCUT2D eigenvalue weighted by molar-refractivity contribution is 5.84. The minimum absolute atomic E-state index is 0.0873. The van der Waals surface area contributed by atoms with Crippen LogP contribution in [0.25, 0.3) is 0 Å². The molecule has 1 aromatic rings. The average Bonchev–Trinajstić information content (AvgIpc) is 2.67. The van der Waals surface area contributed by atoms with E-state index in [2.05, 4.69) is 16.3 Å². The summed E-state index contributed by atoms with van der Waals surface area (Å²) in [7, 11) is 0. The Morgan fingerprint density at radius 3 is 2.65 bits per heavy atom. The first-order valence-electron chi connectivity index (χ1n) is 9.69. The van der Waals surface area contributed by atoms with Crippen LogP contribution in [0.1, 0.15) is 37.7 Å². The maximum Gasteiger partial charge on any atom is 0.239 e. The van der Waals surface area contributed by atoms with Gasteiger partial charge < -0.3 is 19.9 Å². The van der Waals surface area contributed by atoms with Gasteiger partial charge >= 0.3 is 0 Å². The van der Waals surface area contributed by atoms with Gasteiger partial charge in [-0.1, -0.05) is 31.0 Å². The van der Waals surface area contributed by atoms with Crippen LogP contribution >= 0.6 is 0 Å². The quantitative estimate of drug-likeness (QED) is 0.873. The number of nitrogens with zero attached hydrogens (tertiary/aromatic N) is 2. The monoisotopic (exact) mass is 359 g/mol. The Hall–Kier alpha value is -2.08. The van der Waals surface area contributed by atoms with Crippen LogP contribution in [0.15, 0.2) is 24.3 Å². The molecule has 0 atom stereocenters. The zero-order chi connectivity index (χ0) is 18.2. The molecule has 0 spiro atoms. The van der Waals surface area contributed by atoms with E-state index >= 15 is 0 Å². The third kappa shape index (κ3) is 5.21. The van der Waals surface area contributed by atoms with Crippen molar-refractivity contribution in [3.63, 3.8) is 0 Å². The number of carbonyl (C=O) groups excluding carboxylic acids is 2. The number of morpholine rings is 1. The molecule has 2 saturated heterocycles. The van der Waals surface area contributed by atoms with E-state index in [1.54, 1.807) is 4.90 Å². The molecule has 1 aromatic carbocycles. The van der Waals surface area contributed by atoms with E-state index in [0.717, 1.165) is 63.2 Å². The van der Waals surface area contributed by atoms with Crippen molar-refractivity contribution in [1.29, 1.82) is 0 Å². The maximum absolute atomic E-state index is 12.4. The van der Waals surface area contributed by atoms with Crippen LogP contribution in [0.4, 0.5) is 5.69 Å². The fourth-order valence-corrected chi connectivity index (χ4v) is 3.58. The Kier molecular flexibility index (Phi) is 6.89. The van der Waals surface area contributed by atoms with Gasteiger partial charge in [-0.3, -0.25) is 9.59 Å². The lowest BCUT2D eigenvalue weighted by atomic mass is 10.1. The summed E-state index contributed by atoms with van der Waals surface area (Å²) in [6, 6.07) is 8.16. The Bertz CT molecular complexity index is 614. The van der Waals surface area contributed by atoms with Gasteiger partial charge in [-0.15, -0.1) is 0 Å². The van der Waals surface area contributed by atoms with E-state index in [1.807, 2.05) is 18.2 Å². The number of para-hydroxylation sites is 1. The largest absolute Gasteiger partial charge is 0.378 e. The van der Waals surface area contributed by atoms with Gasteiger partial charge in [0, 0.05) is 38.3 Å². The molecule has 0 radical (unpaired) electrons. The van der Waals surface area contributed by atoms with Crippen LogP contribution < -0.4 is 10.2 Å². The van der Waals surface area contributed by atoms with Crippen LogP contribution in [0.2, 0.25) is 0 Å². The molecule has 2 amide bonds. The number of hydrogen-bond acceptors (Lipinski definition) is 4. The highest BCUT2D eigenvalue weighted by Crippen LogP contribution is 2.21. The predicted molar refractivity (Wildman–Crippen MR) is 101 cm³/mol. The van der Waals surface area contributed by atoms with Gasteiger partial charge in [0.15, 0.2) is 0 Å². The van der Waals surface area contributed by atoms with Crippen molar-refractivity contribution in [3.8, 4) is 0 Å². The summed E-state index contributed by atoms with van der Waals surface area (Å²) < 4.78 is 5.42. The fourth-order valence-electron chi connectivity index (χ4n) is 3.58. The van der Waals surface area contributed by atoms with Crippen LogP contribution in [-0.2, 0) is 20.9 Å². The number of hydrogen-bond donors (Lipinski definition) is 1. The van der Waals surface area contributed by atoms with Gasteiger partial charge in [0.1, 0.15) is 0 Å². The van der Waals surface area contributed by atoms with E-state index in [4.69, 9.17) is 4.74 Å². The van der Waals surface area contributed by atoms with E-state index < -0.39 is 0 Å². The van der Waals surface area contributed by atoms with Gasteiger partial charge in [0.05, 0.1) is 19.8 Å². The minimum atomic E-state index is -0.0873. The number of amides is 2. The number of rotatable bonds is 5. The minimum Gasteiger partial charge on any atom is -0.378 e. The summed E-state index contributed by atoms with van der Waals surface area (Å²) in [5, 5.41) is 2.99. The summed E-state index contributed by atoms with van der Waals surface area (Å²) in [4.78, 5) is 28.6. The molecule has 2 aliphatic rings. The van der Waals surface area contributed by atoms with Crippen molar-refractivity contribution >= 4 is 17.5 Å². The third-order valence-electron chi connectivity index (χ3n) is 5.08. The maximum atomic E-state index is 12.4. The van der Waals surface area contributed by atoms with Crippen LogP contribution in [-0.4, -0.2) is 56.1 Å². The first kappa shape index (κ1) is 18.7. The molecular weight excluding hydrogens is 330 g/mol. The first-order chi connectivity index (χ1) is 12.7. The topological polar surface area (TPSA) is 61.9 Å². The standard InChI is InChI=1S/C20H29N3O3/c24-19(16-23-10-6-2-1-3-9-20(23)25)21-15-17-7-4-5-8-18(17)22-11-13-26-14-12-22/h4-5,7-8H,1-3,6,9-16H2,(H,21,24). The van der Waals surface area contributed by atoms with Crippen molar-refractivity contribution in [2.24, 2.45) is 0 Å². The molecule has 2 heterocycles. The Labute approximate surface area is 155 Å². The number of nitrogens with one attached hydrogen (secondary N) is 1. The Morgan fingerprint density at radius 1 is 1.04 bits per heavy atom. The summed E-state index contributed by atoms with van der Waals surface area (Å²) in [5.41, 5.74) is 2.25. The lowest BCUT2D eigenvalue weighted by Gasteiger charge is -2.30. The second-order valence-corrected chi connectivity index (χ2v) is 6.98. The molecule has 6 heteroatoms. The van der Waals surface area contributed by atoms with Gasteiger partial charge in [0.2, 0.25) is 11.8 Å². The summed E-state index contributed by atoms with van der Waals surface area (Å²) in [6.45, 7) is 4.54. The molecule has 2 aliphatic heterocycles. The molecule has 0 bridgehead atoms. The van der Waals surface area contributed by atoms with Crippen molar-refractivity contribution < 1.29 is 14.3 Å². The number of likely N-dealkylation sites (tertiary alicyclic amines) is 1. The van der Waals surface area contributed by atoms with Crippen molar-refractivity contribution in [3.05, 3.63) is 29.8 Å². The molecule has 3 rings (SSSR count). The van der Waals surface area contributed by atoms with Gasteiger partial charge in [-0.05, 0) is 24.5 Å². The van der Waals surface area contributed by atoms with Gasteiger partial charge in [0.25, 0.3) is 0 Å². The van der Waals surface area contributed by atoms with Crippen molar-refractivity contribution in [2.75, 3.05) is 44.3 Å². The smallest absolute Gasteiger partial charge is 0.239 e. The molecule has 1 N–H and O–H groups in total. The lowest BCUT2D eigenvalue weighted by molar-refractivity contribution is -0.136. The van der Waals surface area contributed by atoms with Crippen molar-refractivity contribution in [1.82, 2.24) is 10.2 Å². The average molecular weight is 359 g/mol. The summed E-state index contributed by atoms with van der Waals surface area (Å²) >= 11 is 0. The summed E-state index contributed by atoms with van der Waals surface area (Å²) in [5.74, 6) is 0.0178. The van der Waals surface area contributed by atoms with Crippen LogP contribution in [0.3, 0.4) is 0 Å². The highest BCUT2D eigenvalue weighted by Gasteiger charge is 2.19. The van der Waals surface area contributed by atoms with Crippen LogP contribution in [0.5, 0.6) is 0 Å². The molecule has 0 aromatic heterocycles. The van der Waals surface area contributed by atoms with Gasteiger partial charge in [-0.25, -0.2) is 0 Å². The number of carbonyl (C=O) groups is 2. The van der Waals surface area contributed by atoms with E-state index in [-0.39, 0.29) is 18.4 Å².